The Labute approximate surface area is 129 Å². The number of rotatable bonds is 4. The molecule has 22 heavy (non-hydrogen) atoms. The van der Waals surface area contributed by atoms with Crippen LogP contribution in [-0.2, 0) is 4.74 Å². The van der Waals surface area contributed by atoms with E-state index in [1.54, 1.807) is 0 Å². The number of fused-ring (bicyclic) bond motifs is 1. The molecule has 0 bridgehead atoms. The van der Waals surface area contributed by atoms with Crippen LogP contribution in [0.25, 0.3) is 5.65 Å². The molecular formula is C15H22N6O. The van der Waals surface area contributed by atoms with Crippen molar-refractivity contribution in [1.82, 2.24) is 25.3 Å². The van der Waals surface area contributed by atoms with Gasteiger partial charge in [0, 0.05) is 25.1 Å². The Morgan fingerprint density at radius 2 is 2.18 bits per heavy atom. The van der Waals surface area contributed by atoms with Crippen molar-refractivity contribution in [2.75, 3.05) is 18.6 Å². The molecule has 118 valence electrons. The summed E-state index contributed by atoms with van der Waals surface area (Å²) in [5.74, 6) is 0.922. The first-order valence-electron chi connectivity index (χ1n) is 8.14. The molecular weight excluding hydrogens is 280 g/mol. The topological polar surface area (TPSA) is 68.4 Å². The van der Waals surface area contributed by atoms with Gasteiger partial charge in [-0.15, -0.1) is 14.8 Å². The Bertz CT molecular complexity index is 665. The van der Waals surface area contributed by atoms with Crippen LogP contribution >= 0.6 is 0 Å². The molecule has 0 amide bonds. The summed E-state index contributed by atoms with van der Waals surface area (Å²) in [6.45, 7) is 2.89. The Balaban J connectivity index is 1.60. The highest BCUT2D eigenvalue weighted by atomic mass is 16.5. The number of hydrogen-bond acceptors (Lipinski definition) is 6. The first-order valence-corrected chi connectivity index (χ1v) is 8.14. The van der Waals surface area contributed by atoms with E-state index in [2.05, 4.69) is 39.5 Å². The largest absolute Gasteiger partial charge is 0.378 e. The second-order valence-electron chi connectivity index (χ2n) is 6.46. The lowest BCUT2D eigenvalue weighted by Gasteiger charge is -2.57. The zero-order valence-corrected chi connectivity index (χ0v) is 13.1. The first kappa shape index (κ1) is 13.9. The normalized spacial score (nSPS) is 26.5. The fourth-order valence-electron chi connectivity index (χ4n) is 4.38. The van der Waals surface area contributed by atoms with Crippen molar-refractivity contribution in [3.05, 3.63) is 12.1 Å². The Morgan fingerprint density at radius 3 is 2.95 bits per heavy atom. The van der Waals surface area contributed by atoms with Gasteiger partial charge in [-0.3, -0.25) is 0 Å². The van der Waals surface area contributed by atoms with Gasteiger partial charge in [0.2, 0.25) is 0 Å². The number of hydrogen-bond donors (Lipinski definition) is 0. The molecule has 0 saturated heterocycles. The average Bonchev–Trinajstić information content (AvgIpc) is 3.19. The van der Waals surface area contributed by atoms with Gasteiger partial charge >= 0.3 is 0 Å². The first-order chi connectivity index (χ1) is 10.7. The molecule has 2 fully saturated rings. The molecule has 7 nitrogen and oxygen atoms in total. The van der Waals surface area contributed by atoms with Crippen molar-refractivity contribution in [3.63, 3.8) is 0 Å². The summed E-state index contributed by atoms with van der Waals surface area (Å²) in [6.07, 6.45) is 6.64. The van der Waals surface area contributed by atoms with Crippen molar-refractivity contribution in [2.24, 2.45) is 5.41 Å². The predicted molar refractivity (Wildman–Crippen MR) is 81.7 cm³/mol. The molecule has 0 aliphatic heterocycles. The Morgan fingerprint density at radius 1 is 1.36 bits per heavy atom. The summed E-state index contributed by atoms with van der Waals surface area (Å²) >= 11 is 0. The van der Waals surface area contributed by atoms with Crippen LogP contribution in [0, 0.1) is 5.41 Å². The van der Waals surface area contributed by atoms with Gasteiger partial charge in [0.15, 0.2) is 11.5 Å². The van der Waals surface area contributed by atoms with Crippen molar-refractivity contribution < 1.29 is 4.74 Å². The lowest BCUT2D eigenvalue weighted by atomic mass is 9.60. The molecule has 0 radical (unpaired) electrons. The predicted octanol–water partition coefficient (Wildman–Crippen LogP) is 1.69. The molecule has 0 aromatic carbocycles. The van der Waals surface area contributed by atoms with Crippen LogP contribution < -0.4 is 4.90 Å². The third kappa shape index (κ3) is 1.91. The van der Waals surface area contributed by atoms with Crippen molar-refractivity contribution in [1.29, 1.82) is 0 Å². The van der Waals surface area contributed by atoms with Gasteiger partial charge in [0.05, 0.1) is 6.10 Å². The van der Waals surface area contributed by atoms with Crippen molar-refractivity contribution in [2.45, 2.75) is 51.2 Å². The van der Waals surface area contributed by atoms with Crippen LogP contribution in [0.5, 0.6) is 0 Å². The molecule has 2 heterocycles. The number of nitrogens with zero attached hydrogens (tertiary/aromatic N) is 6. The van der Waals surface area contributed by atoms with Gasteiger partial charge in [-0.25, -0.2) is 0 Å². The Kier molecular flexibility index (Phi) is 3.25. The standard InChI is InChI=1S/C15H22N6O/c1-3-22-12-10-11(15(12)8-4-5-9-15)20(2)14-7-6-13-16-18-19-21(13)17-14/h6-7,11-12H,3-5,8-10H2,1-2H3/t11-,12+/m1/s1. The second-order valence-corrected chi connectivity index (χ2v) is 6.46. The highest BCUT2D eigenvalue weighted by molar-refractivity contribution is 5.46. The van der Waals surface area contributed by atoms with Crippen LogP contribution in [0.2, 0.25) is 0 Å². The van der Waals surface area contributed by atoms with Crippen LogP contribution in [0.3, 0.4) is 0 Å². The summed E-state index contributed by atoms with van der Waals surface area (Å²) in [6, 6.07) is 4.41. The van der Waals surface area contributed by atoms with Gasteiger partial charge in [-0.05, 0) is 48.7 Å². The van der Waals surface area contributed by atoms with E-state index < -0.39 is 0 Å². The molecule has 2 aromatic rings. The summed E-state index contributed by atoms with van der Waals surface area (Å²) in [4.78, 5) is 2.29. The van der Waals surface area contributed by atoms with E-state index in [4.69, 9.17) is 4.74 Å². The molecule has 2 saturated carbocycles. The minimum atomic E-state index is 0.308. The van der Waals surface area contributed by atoms with Gasteiger partial charge in [-0.2, -0.15) is 0 Å². The quantitative estimate of drug-likeness (QED) is 0.856. The van der Waals surface area contributed by atoms with Gasteiger partial charge in [0.25, 0.3) is 0 Å². The molecule has 0 N–H and O–H groups in total. The van der Waals surface area contributed by atoms with Gasteiger partial charge < -0.3 is 9.64 Å². The fourth-order valence-corrected chi connectivity index (χ4v) is 4.38. The van der Waals surface area contributed by atoms with Crippen LogP contribution in [0.1, 0.15) is 39.0 Å². The molecule has 7 heteroatoms. The SMILES string of the molecule is CCO[C@H]1C[C@@H](N(C)c2ccc3nnnn3n2)C12CCCC2. The highest BCUT2D eigenvalue weighted by Crippen LogP contribution is 2.56. The van der Waals surface area contributed by atoms with E-state index in [-0.39, 0.29) is 0 Å². The fraction of sp³-hybridized carbons (Fsp3) is 0.733. The van der Waals surface area contributed by atoms with E-state index in [1.807, 2.05) is 12.1 Å². The molecule has 2 atom stereocenters. The summed E-state index contributed by atoms with van der Waals surface area (Å²) < 4.78 is 7.50. The number of ether oxygens (including phenoxy) is 1. The maximum absolute atomic E-state index is 6.01. The van der Waals surface area contributed by atoms with Crippen LogP contribution in [0.15, 0.2) is 12.1 Å². The minimum absolute atomic E-state index is 0.308. The lowest BCUT2D eigenvalue weighted by Crippen LogP contribution is -2.63. The number of aromatic nitrogens is 5. The summed E-state index contributed by atoms with van der Waals surface area (Å²) in [7, 11) is 2.13. The zero-order chi connectivity index (χ0) is 15.2. The third-order valence-electron chi connectivity index (χ3n) is 5.53. The summed E-state index contributed by atoms with van der Waals surface area (Å²) in [5, 5.41) is 16.0. The maximum Gasteiger partial charge on any atom is 0.200 e. The van der Waals surface area contributed by atoms with E-state index in [1.165, 1.54) is 30.3 Å². The zero-order valence-electron chi connectivity index (χ0n) is 13.1. The third-order valence-corrected chi connectivity index (χ3v) is 5.53. The Hall–Kier alpha value is -1.76. The van der Waals surface area contributed by atoms with Crippen molar-refractivity contribution >= 4 is 11.5 Å². The van der Waals surface area contributed by atoms with E-state index >= 15 is 0 Å². The summed E-state index contributed by atoms with van der Waals surface area (Å²) in [5.41, 5.74) is 0.982. The van der Waals surface area contributed by atoms with Crippen LogP contribution in [0.4, 0.5) is 5.82 Å². The molecule has 1 spiro atoms. The smallest absolute Gasteiger partial charge is 0.200 e. The average molecular weight is 302 g/mol. The van der Waals surface area contributed by atoms with Crippen LogP contribution in [-0.4, -0.2) is 51.1 Å². The maximum atomic E-state index is 6.01. The molecule has 2 aliphatic carbocycles. The molecule has 2 aromatic heterocycles. The number of anilines is 1. The molecule has 2 aliphatic rings. The molecule has 0 unspecified atom stereocenters. The van der Waals surface area contributed by atoms with E-state index in [9.17, 15) is 0 Å². The molecule has 4 rings (SSSR count). The van der Waals surface area contributed by atoms with Crippen molar-refractivity contribution in [3.8, 4) is 0 Å². The highest BCUT2D eigenvalue weighted by Gasteiger charge is 2.58. The monoisotopic (exact) mass is 302 g/mol. The number of tetrazole rings is 1. The van der Waals surface area contributed by atoms with Gasteiger partial charge in [0.1, 0.15) is 0 Å². The second kappa shape index (κ2) is 5.15. The lowest BCUT2D eigenvalue weighted by molar-refractivity contribution is -0.121. The minimum Gasteiger partial charge on any atom is -0.378 e. The van der Waals surface area contributed by atoms with Gasteiger partial charge in [-0.1, -0.05) is 12.8 Å². The van der Waals surface area contributed by atoms with E-state index in [0.29, 0.717) is 23.2 Å². The van der Waals surface area contributed by atoms with E-state index in [0.717, 1.165) is 18.8 Å².